The van der Waals surface area contributed by atoms with Gasteiger partial charge in [0.25, 0.3) is 11.5 Å². The second kappa shape index (κ2) is 9.75. The van der Waals surface area contributed by atoms with Gasteiger partial charge in [-0.3, -0.25) is 25.2 Å². The van der Waals surface area contributed by atoms with E-state index in [9.17, 15) is 27.6 Å². The molecule has 0 saturated carbocycles. The lowest BCUT2D eigenvalue weighted by atomic mass is 10.2. The summed E-state index contributed by atoms with van der Waals surface area (Å²) in [7, 11) is 0. The Hall–Kier alpha value is -1.88. The molecule has 0 aliphatic heterocycles. The highest BCUT2D eigenvalue weighted by molar-refractivity contribution is 8.00. The molecule has 2 N–H and O–H groups in total. The molecule has 1 heterocycles. The molecular formula is C16H11Cl3F3N3O3S. The first-order chi connectivity index (χ1) is 13.5. The first-order valence-electron chi connectivity index (χ1n) is 7.60. The van der Waals surface area contributed by atoms with Gasteiger partial charge in [0, 0.05) is 16.1 Å². The topological polar surface area (TPSA) is 80.2 Å². The van der Waals surface area contributed by atoms with Gasteiger partial charge < -0.3 is 4.57 Å². The molecule has 0 bridgehead atoms. The number of halogens is 6. The van der Waals surface area contributed by atoms with E-state index in [0.717, 1.165) is 11.8 Å². The van der Waals surface area contributed by atoms with Crippen molar-refractivity contribution in [3.8, 4) is 0 Å². The van der Waals surface area contributed by atoms with Crippen molar-refractivity contribution in [1.29, 1.82) is 0 Å². The average molecular weight is 489 g/mol. The predicted octanol–water partition coefficient (Wildman–Crippen LogP) is 3.77. The van der Waals surface area contributed by atoms with E-state index < -0.39 is 40.7 Å². The van der Waals surface area contributed by atoms with Crippen LogP contribution in [0, 0.1) is 0 Å². The van der Waals surface area contributed by atoms with Crippen molar-refractivity contribution in [2.24, 2.45) is 0 Å². The van der Waals surface area contributed by atoms with Crippen LogP contribution in [-0.2, 0) is 22.3 Å². The zero-order chi connectivity index (χ0) is 21.8. The van der Waals surface area contributed by atoms with Crippen LogP contribution in [0.2, 0.25) is 15.1 Å². The van der Waals surface area contributed by atoms with E-state index in [1.165, 1.54) is 0 Å². The van der Waals surface area contributed by atoms with Gasteiger partial charge in [-0.05, 0) is 24.3 Å². The number of hydrazine groups is 1. The highest BCUT2D eigenvalue weighted by Crippen LogP contribution is 2.30. The van der Waals surface area contributed by atoms with Crippen LogP contribution in [0.3, 0.4) is 0 Å². The second-order valence-corrected chi connectivity index (χ2v) is 7.74. The number of thioether (sulfide) groups is 1. The minimum atomic E-state index is -4.75. The van der Waals surface area contributed by atoms with E-state index in [1.807, 2.05) is 5.43 Å². The molecule has 0 saturated heterocycles. The molecule has 0 aliphatic carbocycles. The summed E-state index contributed by atoms with van der Waals surface area (Å²) in [6.45, 7) is -0.782. The highest BCUT2D eigenvalue weighted by atomic mass is 35.5. The third-order valence-electron chi connectivity index (χ3n) is 3.28. The summed E-state index contributed by atoms with van der Waals surface area (Å²) < 4.78 is 38.9. The van der Waals surface area contributed by atoms with Crippen molar-refractivity contribution < 1.29 is 22.8 Å². The molecule has 0 fully saturated rings. The van der Waals surface area contributed by atoms with Crippen LogP contribution in [0.25, 0.3) is 0 Å². The second-order valence-electron chi connectivity index (χ2n) is 5.47. The van der Waals surface area contributed by atoms with Gasteiger partial charge in [0.15, 0.2) is 0 Å². The molecule has 13 heteroatoms. The molecule has 29 heavy (non-hydrogen) atoms. The maximum absolute atomic E-state index is 12.8. The van der Waals surface area contributed by atoms with Crippen LogP contribution in [0.4, 0.5) is 13.2 Å². The zero-order valence-electron chi connectivity index (χ0n) is 14.1. The lowest BCUT2D eigenvalue weighted by Gasteiger charge is -2.12. The van der Waals surface area contributed by atoms with Gasteiger partial charge in [-0.2, -0.15) is 13.2 Å². The average Bonchev–Trinajstić information content (AvgIpc) is 2.63. The largest absolute Gasteiger partial charge is 0.417 e. The smallest absolute Gasteiger partial charge is 0.304 e. The minimum Gasteiger partial charge on any atom is -0.304 e. The number of carbonyl (C=O) groups is 2. The van der Waals surface area contributed by atoms with Crippen LogP contribution in [0.1, 0.15) is 5.56 Å². The van der Waals surface area contributed by atoms with Crippen molar-refractivity contribution >= 4 is 58.4 Å². The van der Waals surface area contributed by atoms with Gasteiger partial charge in [0.2, 0.25) is 5.91 Å². The Morgan fingerprint density at radius 2 is 1.69 bits per heavy atom. The number of nitrogens with zero attached hydrogens (tertiary/aromatic N) is 1. The maximum Gasteiger partial charge on any atom is 0.417 e. The number of pyridine rings is 1. The summed E-state index contributed by atoms with van der Waals surface area (Å²) in [4.78, 5) is 36.0. The number of benzene rings is 1. The number of nitrogens with one attached hydrogen (secondary N) is 2. The Bertz CT molecular complexity index is 999. The molecule has 1 aromatic heterocycles. The van der Waals surface area contributed by atoms with Crippen LogP contribution in [-0.4, -0.2) is 22.1 Å². The molecule has 0 atom stereocenters. The van der Waals surface area contributed by atoms with E-state index in [4.69, 9.17) is 34.8 Å². The molecule has 1 aromatic carbocycles. The molecule has 2 aromatic rings. The quantitative estimate of drug-likeness (QED) is 0.496. The SMILES string of the molecule is O=C(CSc1cc(Cl)ccc1Cl)NNC(=O)Cn1cc(C(F)(F)F)cc(Cl)c1=O. The maximum atomic E-state index is 12.8. The van der Waals surface area contributed by atoms with Crippen LogP contribution >= 0.6 is 46.6 Å². The lowest BCUT2D eigenvalue weighted by molar-refractivity contribution is -0.138. The molecule has 6 nitrogen and oxygen atoms in total. The standard InChI is InChI=1S/C16H11Cl3F3N3O3S/c17-9-1-2-10(18)12(4-9)29-7-14(27)24-23-13(26)6-25-5-8(16(20,21)22)3-11(19)15(25)28/h1-5H,6-7H2,(H,23,26)(H,24,27). The van der Waals surface area contributed by atoms with Gasteiger partial charge in [-0.1, -0.05) is 34.8 Å². The number of alkyl halides is 3. The van der Waals surface area contributed by atoms with E-state index in [-0.39, 0.29) is 5.75 Å². The summed E-state index contributed by atoms with van der Waals surface area (Å²) in [5, 5.41) is 0.124. The molecule has 2 rings (SSSR count). The Morgan fingerprint density at radius 3 is 2.34 bits per heavy atom. The summed E-state index contributed by atoms with van der Waals surface area (Å²) in [6, 6.07) is 5.17. The van der Waals surface area contributed by atoms with Crippen LogP contribution < -0.4 is 16.4 Å². The number of hydrogen-bond acceptors (Lipinski definition) is 4. The monoisotopic (exact) mass is 487 g/mol. The molecule has 0 aliphatic rings. The normalized spacial score (nSPS) is 11.2. The molecule has 156 valence electrons. The first-order valence-corrected chi connectivity index (χ1v) is 9.72. The lowest BCUT2D eigenvalue weighted by Crippen LogP contribution is -2.45. The first kappa shape index (κ1) is 23.4. The van der Waals surface area contributed by atoms with Crippen molar-refractivity contribution in [2.45, 2.75) is 17.6 Å². The van der Waals surface area contributed by atoms with Crippen molar-refractivity contribution in [2.75, 3.05) is 5.75 Å². The fraction of sp³-hybridized carbons (Fsp3) is 0.188. The Labute approximate surface area is 181 Å². The summed E-state index contributed by atoms with van der Waals surface area (Å²) in [5.74, 6) is -1.68. The van der Waals surface area contributed by atoms with Gasteiger partial charge in [-0.25, -0.2) is 0 Å². The van der Waals surface area contributed by atoms with Gasteiger partial charge in [0.1, 0.15) is 11.6 Å². The van der Waals surface area contributed by atoms with E-state index in [1.54, 1.807) is 18.2 Å². The van der Waals surface area contributed by atoms with Crippen molar-refractivity contribution in [1.82, 2.24) is 15.4 Å². The van der Waals surface area contributed by atoms with E-state index in [0.29, 0.717) is 31.8 Å². The van der Waals surface area contributed by atoms with Crippen molar-refractivity contribution in [3.63, 3.8) is 0 Å². The highest BCUT2D eigenvalue weighted by Gasteiger charge is 2.32. The van der Waals surface area contributed by atoms with Gasteiger partial charge >= 0.3 is 6.18 Å². The predicted molar refractivity (Wildman–Crippen MR) is 104 cm³/mol. The summed E-state index contributed by atoms with van der Waals surface area (Å²) in [6.07, 6.45) is -4.28. The zero-order valence-corrected chi connectivity index (χ0v) is 17.2. The fourth-order valence-electron chi connectivity index (χ4n) is 1.97. The summed E-state index contributed by atoms with van der Waals surface area (Å²) in [5.41, 5.74) is 1.92. The minimum absolute atomic E-state index is 0.129. The number of carbonyl (C=O) groups excluding carboxylic acids is 2. The fourth-order valence-corrected chi connectivity index (χ4v) is 3.49. The third kappa shape index (κ3) is 6.84. The van der Waals surface area contributed by atoms with Gasteiger partial charge in [0.05, 0.1) is 16.3 Å². The number of rotatable bonds is 5. The number of hydrogen-bond donors (Lipinski definition) is 2. The molecule has 0 spiro atoms. The van der Waals surface area contributed by atoms with E-state index in [2.05, 4.69) is 5.43 Å². The number of amides is 2. The Morgan fingerprint density at radius 1 is 1.03 bits per heavy atom. The molecular weight excluding hydrogens is 478 g/mol. The Kier molecular flexibility index (Phi) is 7.87. The Balaban J connectivity index is 1.93. The van der Waals surface area contributed by atoms with Crippen LogP contribution in [0.5, 0.6) is 0 Å². The summed E-state index contributed by atoms with van der Waals surface area (Å²) >= 11 is 18.4. The van der Waals surface area contributed by atoms with Crippen molar-refractivity contribution in [3.05, 3.63) is 61.4 Å². The third-order valence-corrected chi connectivity index (χ3v) is 5.28. The number of aromatic nitrogens is 1. The molecule has 2 amide bonds. The van der Waals surface area contributed by atoms with Crippen LogP contribution in [0.15, 0.2) is 40.2 Å². The molecule has 0 unspecified atom stereocenters. The van der Waals surface area contributed by atoms with E-state index >= 15 is 0 Å². The molecule has 0 radical (unpaired) electrons. The van der Waals surface area contributed by atoms with Gasteiger partial charge in [-0.15, -0.1) is 11.8 Å².